The monoisotopic (exact) mass is 766 g/mol. The van der Waals surface area contributed by atoms with Crippen LogP contribution < -0.4 is 11.1 Å². The van der Waals surface area contributed by atoms with Crippen LogP contribution in [0.1, 0.15) is 78.1 Å². The number of nitrogens with two attached hydrogens (primary N) is 1. The van der Waals surface area contributed by atoms with Gasteiger partial charge in [-0.3, -0.25) is 14.4 Å². The van der Waals surface area contributed by atoms with Crippen LogP contribution in [0.15, 0.2) is 73.1 Å². The summed E-state index contributed by atoms with van der Waals surface area (Å²) in [6, 6.07) is 13.0. The van der Waals surface area contributed by atoms with E-state index < -0.39 is 65.1 Å². The maximum absolute atomic E-state index is 15.0. The third-order valence-electron chi connectivity index (χ3n) is 7.85. The van der Waals surface area contributed by atoms with Gasteiger partial charge in [-0.05, 0) is 68.9 Å². The minimum Gasteiger partial charge on any atom is -0.505 e. The fourth-order valence-electron chi connectivity index (χ4n) is 5.48. The molecule has 3 aromatic rings. The van der Waals surface area contributed by atoms with Crippen molar-refractivity contribution in [3.05, 3.63) is 96.0 Å². The van der Waals surface area contributed by atoms with E-state index in [0.717, 1.165) is 23.8 Å². The van der Waals surface area contributed by atoms with Gasteiger partial charge < -0.3 is 35.5 Å². The van der Waals surface area contributed by atoms with E-state index in [4.69, 9.17) is 15.6 Å². The third-order valence-corrected chi connectivity index (χ3v) is 7.85. The average molecular weight is 767 g/mol. The summed E-state index contributed by atoms with van der Waals surface area (Å²) >= 11 is 0. The fraction of sp³-hybridized carbons (Fsp3) is 0.462. The van der Waals surface area contributed by atoms with E-state index in [1.54, 1.807) is 33.0 Å². The Morgan fingerprint density at radius 3 is 2.15 bits per heavy atom. The molecule has 1 heterocycles. The highest BCUT2D eigenvalue weighted by atomic mass is 19.4. The standard InChI is InChI=1S/C36H48F2N4O5.C3H3F3O/c1-35(2,3)33(42(31(44)23-43)18-16-29(39)34(46)40-17-10-13-32(45)47-36(4,5)6)30-19-25(27-20-26(37)14-15-28(27)38)22-41(30)21-24-11-8-7-9-12-24;1-2(7)3(4,5)6/h7-9,11-12,14-15,19-20,22,29,33,43H,10,13,16-18,21,23,39H2,1-6H3,(H,40,46);7H,1H2. The highest BCUT2D eigenvalue weighted by Crippen LogP contribution is 2.41. The molecule has 54 heavy (non-hydrogen) atoms. The van der Waals surface area contributed by atoms with E-state index in [2.05, 4.69) is 11.9 Å². The first-order valence-electron chi connectivity index (χ1n) is 17.2. The Kier molecular flexibility index (Phi) is 16.4. The van der Waals surface area contributed by atoms with Crippen LogP contribution in [-0.2, 0) is 25.7 Å². The van der Waals surface area contributed by atoms with Gasteiger partial charge in [0, 0.05) is 49.1 Å². The zero-order valence-corrected chi connectivity index (χ0v) is 31.5. The van der Waals surface area contributed by atoms with Gasteiger partial charge in [-0.1, -0.05) is 57.7 Å². The molecule has 2 aromatic carbocycles. The number of alkyl halides is 3. The molecule has 0 aliphatic heterocycles. The maximum Gasteiger partial charge on any atom is 0.448 e. The summed E-state index contributed by atoms with van der Waals surface area (Å²) < 4.78 is 68.9. The molecule has 298 valence electrons. The number of halogens is 5. The van der Waals surface area contributed by atoms with Crippen molar-refractivity contribution in [2.45, 2.75) is 91.2 Å². The van der Waals surface area contributed by atoms with E-state index in [-0.39, 0.29) is 37.5 Å². The molecule has 0 saturated heterocycles. The first-order chi connectivity index (χ1) is 24.9. The fourth-order valence-corrected chi connectivity index (χ4v) is 5.48. The van der Waals surface area contributed by atoms with Gasteiger partial charge in [0.2, 0.25) is 11.8 Å². The number of ether oxygens (including phenoxy) is 1. The van der Waals surface area contributed by atoms with Crippen LogP contribution in [0, 0.1) is 17.0 Å². The highest BCUT2D eigenvalue weighted by Gasteiger charge is 2.37. The third kappa shape index (κ3) is 14.6. The second kappa shape index (κ2) is 19.5. The molecule has 0 aliphatic rings. The van der Waals surface area contributed by atoms with Crippen LogP contribution in [0.25, 0.3) is 11.1 Å². The Labute approximate surface area is 312 Å². The van der Waals surface area contributed by atoms with E-state index >= 15 is 0 Å². The van der Waals surface area contributed by atoms with Crippen molar-refractivity contribution in [3.63, 3.8) is 0 Å². The van der Waals surface area contributed by atoms with Crippen LogP contribution in [0.4, 0.5) is 22.0 Å². The van der Waals surface area contributed by atoms with Gasteiger partial charge in [-0.25, -0.2) is 8.78 Å². The number of benzene rings is 2. The number of rotatable bonds is 14. The molecule has 10 nitrogen and oxygen atoms in total. The summed E-state index contributed by atoms with van der Waals surface area (Å²) in [5.41, 5.74) is 7.14. The number of amides is 2. The number of aromatic nitrogens is 1. The molecule has 5 N–H and O–H groups in total. The molecule has 3 rings (SSSR count). The maximum atomic E-state index is 15.0. The lowest BCUT2D eigenvalue weighted by molar-refractivity contribution is -0.155. The SMILES string of the molecule is C=C(O)C(F)(F)F.CC(C)(C)OC(=O)CCCNC(=O)C(N)CCN(C(=O)CO)C(c1cc(-c2cc(F)ccc2F)cn1Cc1ccccc1)C(C)(C)C. The number of hydrogen-bond donors (Lipinski definition) is 4. The van der Waals surface area contributed by atoms with Crippen LogP contribution in [0.3, 0.4) is 0 Å². The Bertz CT molecular complexity index is 1710. The molecule has 0 aliphatic carbocycles. The molecule has 0 bridgehead atoms. The normalized spacial score (nSPS) is 12.9. The number of carbonyl (C=O) groups excluding carboxylic acids is 3. The second-order valence-corrected chi connectivity index (χ2v) is 14.7. The Morgan fingerprint density at radius 1 is 1.00 bits per heavy atom. The van der Waals surface area contributed by atoms with Crippen molar-refractivity contribution in [1.29, 1.82) is 0 Å². The number of hydrogen-bond acceptors (Lipinski definition) is 7. The average Bonchev–Trinajstić information content (AvgIpc) is 3.46. The largest absolute Gasteiger partial charge is 0.505 e. The molecular weight excluding hydrogens is 715 g/mol. The van der Waals surface area contributed by atoms with Crippen molar-refractivity contribution < 1.29 is 51.3 Å². The Balaban J connectivity index is 0.00000131. The topological polar surface area (TPSA) is 147 Å². The predicted molar refractivity (Wildman–Crippen MR) is 195 cm³/mol. The van der Waals surface area contributed by atoms with Crippen molar-refractivity contribution in [2.75, 3.05) is 19.7 Å². The van der Waals surface area contributed by atoms with Crippen molar-refractivity contribution in [1.82, 2.24) is 14.8 Å². The van der Waals surface area contributed by atoms with Gasteiger partial charge >= 0.3 is 12.1 Å². The number of esters is 1. The molecule has 0 fully saturated rings. The molecule has 0 saturated carbocycles. The van der Waals surface area contributed by atoms with Crippen LogP contribution in [-0.4, -0.2) is 75.0 Å². The second-order valence-electron chi connectivity index (χ2n) is 14.7. The molecule has 0 radical (unpaired) electrons. The van der Waals surface area contributed by atoms with Gasteiger partial charge in [0.15, 0.2) is 5.76 Å². The predicted octanol–water partition coefficient (Wildman–Crippen LogP) is 6.97. The zero-order chi connectivity index (χ0) is 41.0. The summed E-state index contributed by atoms with van der Waals surface area (Å²) in [5, 5.41) is 20.3. The number of allylic oxidation sites excluding steroid dienone is 1. The number of carbonyl (C=O) groups is 3. The van der Waals surface area contributed by atoms with Gasteiger partial charge in [0.25, 0.3) is 0 Å². The van der Waals surface area contributed by atoms with Crippen molar-refractivity contribution >= 4 is 17.8 Å². The molecule has 1 aromatic heterocycles. The number of nitrogens with one attached hydrogen (secondary N) is 1. The minimum atomic E-state index is -4.64. The minimum absolute atomic E-state index is 0.0357. The lowest BCUT2D eigenvalue weighted by Gasteiger charge is -2.41. The van der Waals surface area contributed by atoms with Crippen molar-refractivity contribution in [2.24, 2.45) is 11.1 Å². The highest BCUT2D eigenvalue weighted by molar-refractivity contribution is 5.82. The van der Waals surface area contributed by atoms with Crippen LogP contribution in [0.5, 0.6) is 0 Å². The Morgan fingerprint density at radius 2 is 1.61 bits per heavy atom. The first-order valence-corrected chi connectivity index (χ1v) is 17.2. The molecule has 0 spiro atoms. The number of nitrogens with zero attached hydrogens (tertiary/aromatic N) is 2. The van der Waals surface area contributed by atoms with E-state index in [9.17, 15) is 41.4 Å². The lowest BCUT2D eigenvalue weighted by Crippen LogP contribution is -2.47. The van der Waals surface area contributed by atoms with Gasteiger partial charge in [-0.15, -0.1) is 0 Å². The van der Waals surface area contributed by atoms with Gasteiger partial charge in [0.1, 0.15) is 23.8 Å². The molecule has 2 atom stereocenters. The van der Waals surface area contributed by atoms with Crippen molar-refractivity contribution in [3.8, 4) is 11.1 Å². The van der Waals surface area contributed by atoms with E-state index in [1.165, 1.54) is 4.90 Å². The van der Waals surface area contributed by atoms with E-state index in [0.29, 0.717) is 24.2 Å². The summed E-state index contributed by atoms with van der Waals surface area (Å²) in [5.74, 6) is -4.29. The first kappa shape index (κ1) is 45.4. The van der Waals surface area contributed by atoms with E-state index in [1.807, 2.05) is 55.7 Å². The summed E-state index contributed by atoms with van der Waals surface area (Å²) in [7, 11) is 0. The quantitative estimate of drug-likeness (QED) is 0.0600. The summed E-state index contributed by atoms with van der Waals surface area (Å²) in [6.45, 7) is 13.3. The van der Waals surface area contributed by atoms with Crippen LogP contribution >= 0.6 is 0 Å². The van der Waals surface area contributed by atoms with Crippen LogP contribution in [0.2, 0.25) is 0 Å². The molecule has 15 heteroatoms. The molecular formula is C39H51F5N4O6. The smallest absolute Gasteiger partial charge is 0.448 e. The summed E-state index contributed by atoms with van der Waals surface area (Å²) in [4.78, 5) is 39.6. The van der Waals surface area contributed by atoms with Gasteiger partial charge in [-0.2, -0.15) is 13.2 Å². The Hall–Kier alpha value is -4.76. The molecule has 2 unspecified atom stereocenters. The number of aliphatic hydroxyl groups is 2. The zero-order valence-electron chi connectivity index (χ0n) is 31.5. The van der Waals surface area contributed by atoms with Gasteiger partial charge in [0.05, 0.1) is 12.1 Å². The summed E-state index contributed by atoms with van der Waals surface area (Å²) in [6.07, 6.45) is -2.30. The lowest BCUT2D eigenvalue weighted by atomic mass is 9.82. The molecule has 2 amide bonds. The number of aliphatic hydroxyl groups excluding tert-OH is 2.